The molecule has 5 nitrogen and oxygen atoms in total. The zero-order valence-corrected chi connectivity index (χ0v) is 16.5. The highest BCUT2D eigenvalue weighted by Crippen LogP contribution is 2.28. The molecule has 4 rings (SSSR count). The average molecular weight is 373 g/mol. The third-order valence-corrected chi connectivity index (χ3v) is 5.27. The summed E-state index contributed by atoms with van der Waals surface area (Å²) in [6.07, 6.45) is 0.573. The van der Waals surface area contributed by atoms with E-state index < -0.39 is 0 Å². The number of fused-ring (bicyclic) bond motifs is 1. The minimum absolute atomic E-state index is 0.0476. The zero-order valence-electron chi connectivity index (χ0n) is 16.5. The predicted molar refractivity (Wildman–Crippen MR) is 111 cm³/mol. The summed E-state index contributed by atoms with van der Waals surface area (Å²) < 4.78 is 6.81. The first-order chi connectivity index (χ1) is 13.5. The molecule has 0 aliphatic rings. The van der Waals surface area contributed by atoms with Gasteiger partial charge in [-0.3, -0.25) is 9.89 Å². The summed E-state index contributed by atoms with van der Waals surface area (Å²) in [5.41, 5.74) is 7.24. The summed E-state index contributed by atoms with van der Waals surface area (Å²) in [5.74, 6) is 0.795. The van der Waals surface area contributed by atoms with Gasteiger partial charge in [0.1, 0.15) is 5.75 Å². The van der Waals surface area contributed by atoms with Gasteiger partial charge in [-0.05, 0) is 49.6 Å². The molecule has 2 heterocycles. The lowest BCUT2D eigenvalue weighted by atomic mass is 10.0. The van der Waals surface area contributed by atoms with Crippen LogP contribution in [0.1, 0.15) is 28.1 Å². The first-order valence-corrected chi connectivity index (χ1v) is 9.29. The molecular weight excluding hydrogens is 350 g/mol. The number of hydrogen-bond donors (Lipinski definition) is 1. The number of benzene rings is 2. The number of hydrogen-bond acceptors (Lipinski definition) is 3. The number of aryl methyl sites for hydroxylation is 3. The Morgan fingerprint density at radius 1 is 1.04 bits per heavy atom. The summed E-state index contributed by atoms with van der Waals surface area (Å²) in [7, 11) is 1.65. The second-order valence-corrected chi connectivity index (χ2v) is 7.08. The van der Waals surface area contributed by atoms with Crippen LogP contribution in [0.2, 0.25) is 0 Å². The van der Waals surface area contributed by atoms with Gasteiger partial charge in [-0.1, -0.05) is 36.4 Å². The predicted octanol–water partition coefficient (Wildman–Crippen LogP) is 4.21. The van der Waals surface area contributed by atoms with Gasteiger partial charge < -0.3 is 4.74 Å². The molecular formula is C23H23N3O2. The summed E-state index contributed by atoms with van der Waals surface area (Å²) in [5, 5.41) is 3.20. The van der Waals surface area contributed by atoms with E-state index in [4.69, 9.17) is 9.72 Å². The normalized spacial score (nSPS) is 11.1. The van der Waals surface area contributed by atoms with Gasteiger partial charge in [0, 0.05) is 28.9 Å². The molecule has 2 aromatic carbocycles. The summed E-state index contributed by atoms with van der Waals surface area (Å²) in [4.78, 5) is 18.0. The second-order valence-electron chi connectivity index (χ2n) is 7.08. The maximum Gasteiger partial charge on any atom is 0.276 e. The molecule has 2 aromatic heterocycles. The largest absolute Gasteiger partial charge is 0.497 e. The van der Waals surface area contributed by atoms with Crippen LogP contribution in [0.15, 0.2) is 53.3 Å². The van der Waals surface area contributed by atoms with Crippen molar-refractivity contribution in [3.8, 4) is 16.9 Å². The standard InChI is InChI=1S/C23H23N3O2/c1-14-7-5-6-8-18(14)13-20-15(2)24-22-21(16(3)25-26(22)23(20)27)17-9-11-19(28-4)12-10-17/h5-12,25H,13H2,1-4H3. The lowest BCUT2D eigenvalue weighted by Gasteiger charge is -2.09. The highest BCUT2D eigenvalue weighted by atomic mass is 16.5. The molecule has 0 aliphatic heterocycles. The van der Waals surface area contributed by atoms with E-state index in [1.807, 2.05) is 50.2 Å². The smallest absolute Gasteiger partial charge is 0.276 e. The molecule has 0 bridgehead atoms. The van der Waals surface area contributed by atoms with E-state index >= 15 is 0 Å². The number of rotatable bonds is 4. The maximum atomic E-state index is 13.2. The molecule has 0 saturated carbocycles. The van der Waals surface area contributed by atoms with Crippen molar-refractivity contribution >= 4 is 5.65 Å². The van der Waals surface area contributed by atoms with Crippen LogP contribution in [-0.2, 0) is 6.42 Å². The van der Waals surface area contributed by atoms with Gasteiger partial charge in [0.15, 0.2) is 5.65 Å². The van der Waals surface area contributed by atoms with Crippen LogP contribution in [0.5, 0.6) is 5.75 Å². The van der Waals surface area contributed by atoms with Crippen molar-refractivity contribution in [2.45, 2.75) is 27.2 Å². The van der Waals surface area contributed by atoms with E-state index in [1.54, 1.807) is 11.6 Å². The highest BCUT2D eigenvalue weighted by molar-refractivity contribution is 5.80. The molecule has 0 saturated heterocycles. The van der Waals surface area contributed by atoms with E-state index in [-0.39, 0.29) is 5.56 Å². The molecule has 142 valence electrons. The van der Waals surface area contributed by atoms with Gasteiger partial charge in [0.2, 0.25) is 0 Å². The Labute approximate surface area is 163 Å². The van der Waals surface area contributed by atoms with E-state index in [2.05, 4.69) is 24.2 Å². The lowest BCUT2D eigenvalue weighted by Crippen LogP contribution is -2.22. The number of nitrogens with zero attached hydrogens (tertiary/aromatic N) is 2. The van der Waals surface area contributed by atoms with E-state index in [9.17, 15) is 4.79 Å². The Kier molecular flexibility index (Phi) is 4.51. The van der Waals surface area contributed by atoms with Crippen molar-refractivity contribution in [3.63, 3.8) is 0 Å². The van der Waals surface area contributed by atoms with Crippen LogP contribution in [0.3, 0.4) is 0 Å². The molecule has 0 amide bonds. The van der Waals surface area contributed by atoms with Crippen LogP contribution in [-0.4, -0.2) is 21.7 Å². The molecule has 0 spiro atoms. The van der Waals surface area contributed by atoms with Crippen LogP contribution in [0, 0.1) is 20.8 Å². The second kappa shape index (κ2) is 7.00. The Balaban J connectivity index is 1.87. The SMILES string of the molecule is COc1ccc(-c2c(C)[nH]n3c(=O)c(Cc4ccccc4C)c(C)nc23)cc1. The average Bonchev–Trinajstić information content (AvgIpc) is 3.02. The quantitative estimate of drug-likeness (QED) is 0.583. The van der Waals surface area contributed by atoms with Crippen molar-refractivity contribution in [3.05, 3.63) is 87.0 Å². The minimum Gasteiger partial charge on any atom is -0.497 e. The lowest BCUT2D eigenvalue weighted by molar-refractivity contribution is 0.415. The maximum absolute atomic E-state index is 13.2. The molecule has 0 aliphatic carbocycles. The van der Waals surface area contributed by atoms with Crippen LogP contribution in [0.4, 0.5) is 0 Å². The number of aromatic amines is 1. The number of H-pyrrole nitrogens is 1. The highest BCUT2D eigenvalue weighted by Gasteiger charge is 2.18. The molecule has 0 radical (unpaired) electrons. The summed E-state index contributed by atoms with van der Waals surface area (Å²) >= 11 is 0. The zero-order chi connectivity index (χ0) is 19.8. The molecule has 0 unspecified atom stereocenters. The van der Waals surface area contributed by atoms with Crippen molar-refractivity contribution in [1.82, 2.24) is 14.6 Å². The minimum atomic E-state index is -0.0476. The topological polar surface area (TPSA) is 59.4 Å². The summed E-state index contributed by atoms with van der Waals surface area (Å²) in [6, 6.07) is 15.9. The van der Waals surface area contributed by atoms with Gasteiger partial charge >= 0.3 is 0 Å². The van der Waals surface area contributed by atoms with Gasteiger partial charge in [-0.15, -0.1) is 0 Å². The van der Waals surface area contributed by atoms with Crippen molar-refractivity contribution in [2.24, 2.45) is 0 Å². The molecule has 4 aromatic rings. The summed E-state index contributed by atoms with van der Waals surface area (Å²) in [6.45, 7) is 5.94. The number of aromatic nitrogens is 3. The third-order valence-electron chi connectivity index (χ3n) is 5.27. The van der Waals surface area contributed by atoms with Crippen LogP contribution < -0.4 is 10.3 Å². The van der Waals surface area contributed by atoms with Gasteiger partial charge in [-0.25, -0.2) is 9.50 Å². The Morgan fingerprint density at radius 2 is 1.75 bits per heavy atom. The molecule has 0 fully saturated rings. The molecule has 0 atom stereocenters. The van der Waals surface area contributed by atoms with Crippen LogP contribution in [0.25, 0.3) is 16.8 Å². The Bertz CT molecular complexity index is 1220. The molecule has 5 heteroatoms. The molecule has 1 N–H and O–H groups in total. The Hall–Kier alpha value is -3.34. The number of ether oxygens (including phenoxy) is 1. The number of nitrogens with one attached hydrogen (secondary N) is 1. The third kappa shape index (κ3) is 2.99. The van der Waals surface area contributed by atoms with Gasteiger partial charge in [0.05, 0.1) is 7.11 Å². The van der Waals surface area contributed by atoms with Crippen molar-refractivity contribution in [2.75, 3.05) is 7.11 Å². The fourth-order valence-electron chi connectivity index (χ4n) is 3.63. The van der Waals surface area contributed by atoms with Gasteiger partial charge in [-0.2, -0.15) is 0 Å². The van der Waals surface area contributed by atoms with Crippen LogP contribution >= 0.6 is 0 Å². The monoisotopic (exact) mass is 373 g/mol. The van der Waals surface area contributed by atoms with Crippen molar-refractivity contribution < 1.29 is 4.74 Å². The van der Waals surface area contributed by atoms with E-state index in [0.717, 1.165) is 33.8 Å². The molecule has 28 heavy (non-hydrogen) atoms. The fraction of sp³-hybridized carbons (Fsp3) is 0.217. The number of methoxy groups -OCH3 is 1. The first-order valence-electron chi connectivity index (χ1n) is 9.29. The first kappa shape index (κ1) is 18.0. The van der Waals surface area contributed by atoms with E-state index in [1.165, 1.54) is 5.56 Å². The fourth-order valence-corrected chi connectivity index (χ4v) is 3.63. The Morgan fingerprint density at radius 3 is 2.43 bits per heavy atom. The van der Waals surface area contributed by atoms with Gasteiger partial charge in [0.25, 0.3) is 5.56 Å². The van der Waals surface area contributed by atoms with Crippen molar-refractivity contribution in [1.29, 1.82) is 0 Å². The van der Waals surface area contributed by atoms with E-state index in [0.29, 0.717) is 17.6 Å².